The van der Waals surface area contributed by atoms with E-state index in [4.69, 9.17) is 25.6 Å². The highest BCUT2D eigenvalue weighted by Crippen LogP contribution is 2.36. The van der Waals surface area contributed by atoms with Crippen LogP contribution in [0.3, 0.4) is 0 Å². The van der Waals surface area contributed by atoms with Gasteiger partial charge in [-0.2, -0.15) is 0 Å². The molecule has 0 unspecified atom stereocenters. The molecule has 0 spiro atoms. The van der Waals surface area contributed by atoms with Crippen molar-refractivity contribution in [2.75, 3.05) is 0 Å². The number of rotatable bonds is 4. The monoisotopic (exact) mass is 422 g/mol. The van der Waals surface area contributed by atoms with Crippen LogP contribution < -0.4 is 10.2 Å². The summed E-state index contributed by atoms with van der Waals surface area (Å²) in [5.41, 5.74) is 1.34. The van der Waals surface area contributed by atoms with Gasteiger partial charge in [0.25, 0.3) is 0 Å². The molecule has 0 bridgehead atoms. The fraction of sp³-hybridized carbons (Fsp3) is 0.368. The predicted molar refractivity (Wildman–Crippen MR) is 106 cm³/mol. The Hall–Kier alpha value is -1.01. The Labute approximate surface area is 162 Å². The van der Waals surface area contributed by atoms with Gasteiger partial charge in [-0.15, -0.1) is 0 Å². The molecule has 3 nitrogen and oxygen atoms in total. The zero-order valence-corrected chi connectivity index (χ0v) is 17.1. The second-order valence-electron chi connectivity index (χ2n) is 7.23. The van der Waals surface area contributed by atoms with Gasteiger partial charge in [0.2, 0.25) is 0 Å². The van der Waals surface area contributed by atoms with Gasteiger partial charge in [-0.3, -0.25) is 0 Å². The minimum atomic E-state index is -0.370. The summed E-state index contributed by atoms with van der Waals surface area (Å²) in [7, 11) is -0.370. The van der Waals surface area contributed by atoms with Crippen molar-refractivity contribution in [1.82, 2.24) is 0 Å². The van der Waals surface area contributed by atoms with Crippen molar-refractivity contribution in [3.63, 3.8) is 0 Å². The number of halogens is 2. The second kappa shape index (κ2) is 6.95. The van der Waals surface area contributed by atoms with E-state index in [0.29, 0.717) is 11.6 Å². The Kier molecular flexibility index (Phi) is 5.22. The van der Waals surface area contributed by atoms with E-state index in [1.54, 1.807) is 6.07 Å². The lowest BCUT2D eigenvalue weighted by molar-refractivity contribution is 0.00578. The Morgan fingerprint density at radius 2 is 1.72 bits per heavy atom. The van der Waals surface area contributed by atoms with E-state index in [1.807, 2.05) is 30.3 Å². The highest BCUT2D eigenvalue weighted by molar-refractivity contribution is 9.10. The Bertz CT molecular complexity index is 743. The normalized spacial score (nSPS) is 18.4. The average molecular weight is 424 g/mol. The fourth-order valence-corrected chi connectivity index (χ4v) is 3.42. The standard InChI is InChI=1S/C19H21BBrClO3/c1-18(2)19(3,4)25-20(24-18)14-7-5-6-13(8-14)12-23-17-10-15(21)9-16(22)11-17/h5-11H,12H2,1-4H3. The molecule has 0 atom stereocenters. The maximum absolute atomic E-state index is 6.11. The lowest BCUT2D eigenvalue weighted by Crippen LogP contribution is -2.41. The first-order chi connectivity index (χ1) is 11.7. The molecule has 2 aromatic rings. The van der Waals surface area contributed by atoms with Crippen LogP contribution in [0.15, 0.2) is 46.9 Å². The van der Waals surface area contributed by atoms with Crippen LogP contribution in [0, 0.1) is 0 Å². The number of benzene rings is 2. The Morgan fingerprint density at radius 3 is 2.36 bits per heavy atom. The van der Waals surface area contributed by atoms with Crippen LogP contribution in [-0.2, 0) is 15.9 Å². The van der Waals surface area contributed by atoms with Crippen molar-refractivity contribution in [2.24, 2.45) is 0 Å². The topological polar surface area (TPSA) is 27.7 Å². The minimum absolute atomic E-state index is 0.350. The third-order valence-electron chi connectivity index (χ3n) is 4.72. The van der Waals surface area contributed by atoms with E-state index < -0.39 is 0 Å². The first kappa shape index (κ1) is 18.8. The van der Waals surface area contributed by atoms with Crippen LogP contribution in [0.5, 0.6) is 5.75 Å². The zero-order chi connectivity index (χ0) is 18.2. The summed E-state index contributed by atoms with van der Waals surface area (Å²) in [4.78, 5) is 0. The molecule has 3 rings (SSSR count). The molecule has 6 heteroatoms. The third kappa shape index (κ3) is 4.22. The van der Waals surface area contributed by atoms with Gasteiger partial charge in [-0.25, -0.2) is 0 Å². The van der Waals surface area contributed by atoms with Crippen LogP contribution in [0.25, 0.3) is 0 Å². The van der Waals surface area contributed by atoms with Gasteiger partial charge >= 0.3 is 7.12 Å². The molecule has 1 saturated heterocycles. The molecule has 25 heavy (non-hydrogen) atoms. The summed E-state index contributed by atoms with van der Waals surface area (Å²) in [5, 5.41) is 0.635. The summed E-state index contributed by atoms with van der Waals surface area (Å²) in [6, 6.07) is 13.6. The largest absolute Gasteiger partial charge is 0.494 e. The summed E-state index contributed by atoms with van der Waals surface area (Å²) in [5.74, 6) is 0.723. The van der Waals surface area contributed by atoms with Crippen LogP contribution >= 0.6 is 27.5 Å². The van der Waals surface area contributed by atoms with Crippen LogP contribution in [0.2, 0.25) is 5.02 Å². The van der Waals surface area contributed by atoms with Crippen molar-refractivity contribution in [2.45, 2.75) is 45.5 Å². The lowest BCUT2D eigenvalue weighted by atomic mass is 9.78. The molecule has 1 fully saturated rings. The first-order valence-electron chi connectivity index (χ1n) is 8.20. The van der Waals surface area contributed by atoms with Gasteiger partial charge in [0.05, 0.1) is 11.2 Å². The van der Waals surface area contributed by atoms with Gasteiger partial charge in [0.1, 0.15) is 12.4 Å². The lowest BCUT2D eigenvalue weighted by Gasteiger charge is -2.32. The van der Waals surface area contributed by atoms with E-state index in [0.717, 1.165) is 21.2 Å². The van der Waals surface area contributed by atoms with Gasteiger partial charge < -0.3 is 14.0 Å². The second-order valence-corrected chi connectivity index (χ2v) is 8.58. The maximum atomic E-state index is 6.11. The molecular formula is C19H21BBrClO3. The molecule has 0 N–H and O–H groups in total. The summed E-state index contributed by atoms with van der Waals surface area (Å²) in [6.45, 7) is 8.65. The van der Waals surface area contributed by atoms with E-state index >= 15 is 0 Å². The van der Waals surface area contributed by atoms with Gasteiger partial charge in [0, 0.05) is 9.50 Å². The molecule has 0 radical (unpaired) electrons. The van der Waals surface area contributed by atoms with Crippen LogP contribution in [0.4, 0.5) is 0 Å². The van der Waals surface area contributed by atoms with Gasteiger partial charge in [0.15, 0.2) is 0 Å². The molecule has 0 amide bonds. The molecule has 1 aliphatic rings. The van der Waals surface area contributed by atoms with Crippen molar-refractivity contribution in [3.8, 4) is 5.75 Å². The van der Waals surface area contributed by atoms with E-state index in [-0.39, 0.29) is 18.3 Å². The molecule has 0 saturated carbocycles. The highest BCUT2D eigenvalue weighted by atomic mass is 79.9. The van der Waals surface area contributed by atoms with Crippen molar-refractivity contribution in [1.29, 1.82) is 0 Å². The van der Waals surface area contributed by atoms with Crippen molar-refractivity contribution in [3.05, 3.63) is 57.5 Å². The summed E-state index contributed by atoms with van der Waals surface area (Å²) < 4.78 is 19.0. The SMILES string of the molecule is CC1(C)OB(c2cccc(COc3cc(Cl)cc(Br)c3)c2)OC1(C)C. The number of hydrogen-bond donors (Lipinski definition) is 0. The molecule has 0 aliphatic carbocycles. The number of ether oxygens (including phenoxy) is 1. The smallest absolute Gasteiger partial charge is 0.489 e. The first-order valence-corrected chi connectivity index (χ1v) is 9.37. The molecule has 2 aromatic carbocycles. The molecular weight excluding hydrogens is 402 g/mol. The van der Waals surface area contributed by atoms with Crippen LogP contribution in [-0.4, -0.2) is 18.3 Å². The van der Waals surface area contributed by atoms with E-state index in [1.165, 1.54) is 0 Å². The summed E-state index contributed by atoms with van der Waals surface area (Å²) >= 11 is 9.47. The number of hydrogen-bond acceptors (Lipinski definition) is 3. The van der Waals surface area contributed by atoms with Gasteiger partial charge in [-0.05, 0) is 56.9 Å². The van der Waals surface area contributed by atoms with Crippen LogP contribution in [0.1, 0.15) is 33.3 Å². The summed E-state index contributed by atoms with van der Waals surface area (Å²) in [6.07, 6.45) is 0. The predicted octanol–water partition coefficient (Wildman–Crippen LogP) is 4.98. The fourth-order valence-electron chi connectivity index (χ4n) is 2.59. The highest BCUT2D eigenvalue weighted by Gasteiger charge is 2.51. The van der Waals surface area contributed by atoms with Gasteiger partial charge in [-0.1, -0.05) is 51.8 Å². The quantitative estimate of drug-likeness (QED) is 0.649. The Morgan fingerprint density at radius 1 is 1.04 bits per heavy atom. The van der Waals surface area contributed by atoms with E-state index in [9.17, 15) is 0 Å². The Balaban J connectivity index is 1.72. The zero-order valence-electron chi connectivity index (χ0n) is 14.8. The van der Waals surface area contributed by atoms with Crippen molar-refractivity contribution < 1.29 is 14.0 Å². The molecule has 1 heterocycles. The van der Waals surface area contributed by atoms with E-state index in [2.05, 4.69) is 49.7 Å². The molecule has 0 aromatic heterocycles. The average Bonchev–Trinajstić information content (AvgIpc) is 2.73. The third-order valence-corrected chi connectivity index (χ3v) is 5.39. The molecule has 132 valence electrons. The molecule has 1 aliphatic heterocycles. The maximum Gasteiger partial charge on any atom is 0.494 e. The minimum Gasteiger partial charge on any atom is -0.489 e. The van der Waals surface area contributed by atoms with Crippen molar-refractivity contribution >= 4 is 40.1 Å².